The zero-order chi connectivity index (χ0) is 8.11. The lowest BCUT2D eigenvalue weighted by molar-refractivity contribution is 0.384. The van der Waals surface area contributed by atoms with E-state index >= 15 is 0 Å². The van der Waals surface area contributed by atoms with Gasteiger partial charge in [-0.15, -0.1) is 0 Å². The molecule has 1 aliphatic heterocycles. The van der Waals surface area contributed by atoms with Crippen molar-refractivity contribution in [2.75, 3.05) is 0 Å². The van der Waals surface area contributed by atoms with Crippen LogP contribution in [0.1, 0.15) is 33.6 Å². The van der Waals surface area contributed by atoms with E-state index in [1.54, 1.807) is 0 Å². The van der Waals surface area contributed by atoms with E-state index in [1.165, 1.54) is 5.57 Å². The molecule has 0 amide bonds. The second kappa shape index (κ2) is 1.74. The molecule has 0 radical (unpaired) electrons. The van der Waals surface area contributed by atoms with Gasteiger partial charge in [0, 0.05) is 0 Å². The fourth-order valence-electron chi connectivity index (χ4n) is 1.75. The number of nitrogens with zero attached hydrogens (tertiary/aromatic N) is 2. The highest BCUT2D eigenvalue weighted by atomic mass is 15.2. The van der Waals surface area contributed by atoms with Gasteiger partial charge < -0.3 is 0 Å². The number of hydrogen-bond acceptors (Lipinski definition) is 2. The molecule has 0 aromatic rings. The average Bonchev–Trinajstić information content (AvgIpc) is 2.25. The summed E-state index contributed by atoms with van der Waals surface area (Å²) < 4.78 is 0. The normalized spacial score (nSPS) is 39.0. The van der Waals surface area contributed by atoms with Crippen molar-refractivity contribution in [3.05, 3.63) is 11.6 Å². The third-order valence-electron chi connectivity index (χ3n) is 2.69. The molecule has 1 aliphatic carbocycles. The highest BCUT2D eigenvalue weighted by Gasteiger charge is 2.40. The standard InChI is InChI=1S/C9H14N2/c1-8(2)7-4-5-9(3,6-7)11-10-8/h4H,5-6H2,1-3H3. The summed E-state index contributed by atoms with van der Waals surface area (Å²) in [7, 11) is 0. The van der Waals surface area contributed by atoms with Crippen molar-refractivity contribution in [3.63, 3.8) is 0 Å². The summed E-state index contributed by atoms with van der Waals surface area (Å²) in [6.45, 7) is 6.44. The quantitative estimate of drug-likeness (QED) is 0.474. The number of azo groups is 1. The Morgan fingerprint density at radius 1 is 1.27 bits per heavy atom. The maximum atomic E-state index is 4.35. The molecule has 2 nitrogen and oxygen atoms in total. The monoisotopic (exact) mass is 150 g/mol. The van der Waals surface area contributed by atoms with E-state index in [0.717, 1.165) is 12.8 Å². The van der Waals surface area contributed by atoms with Crippen LogP contribution in [0, 0.1) is 0 Å². The summed E-state index contributed by atoms with van der Waals surface area (Å²) >= 11 is 0. The first-order valence-corrected chi connectivity index (χ1v) is 4.15. The minimum Gasteiger partial charge on any atom is -0.186 e. The van der Waals surface area contributed by atoms with Gasteiger partial charge in [-0.2, -0.15) is 10.2 Å². The molecule has 1 atom stereocenters. The van der Waals surface area contributed by atoms with Gasteiger partial charge in [0.1, 0.15) is 0 Å². The number of fused-ring (bicyclic) bond motifs is 2. The van der Waals surface area contributed by atoms with Gasteiger partial charge in [0.05, 0.1) is 11.1 Å². The van der Waals surface area contributed by atoms with Crippen molar-refractivity contribution >= 4 is 0 Å². The smallest absolute Gasteiger partial charge is 0.0969 e. The SMILES string of the molecule is CC12CC=C(C1)C(C)(C)N=N2. The Morgan fingerprint density at radius 3 is 2.64 bits per heavy atom. The summed E-state index contributed by atoms with van der Waals surface area (Å²) in [6, 6.07) is 0. The third-order valence-corrected chi connectivity index (χ3v) is 2.69. The summed E-state index contributed by atoms with van der Waals surface area (Å²) in [5, 5.41) is 8.66. The molecule has 0 fully saturated rings. The molecule has 60 valence electrons. The molecule has 2 rings (SSSR count). The Bertz CT molecular complexity index is 250. The predicted molar refractivity (Wildman–Crippen MR) is 44.7 cm³/mol. The van der Waals surface area contributed by atoms with Gasteiger partial charge in [0.25, 0.3) is 0 Å². The highest BCUT2D eigenvalue weighted by molar-refractivity contribution is 5.29. The van der Waals surface area contributed by atoms with Crippen LogP contribution in [0.25, 0.3) is 0 Å². The minimum atomic E-state index is -0.0178. The van der Waals surface area contributed by atoms with Crippen molar-refractivity contribution < 1.29 is 0 Å². The summed E-state index contributed by atoms with van der Waals surface area (Å²) in [6.07, 6.45) is 4.50. The maximum absolute atomic E-state index is 4.35. The van der Waals surface area contributed by atoms with Crippen molar-refractivity contribution in [2.24, 2.45) is 10.2 Å². The van der Waals surface area contributed by atoms with E-state index in [-0.39, 0.29) is 11.1 Å². The molecule has 11 heavy (non-hydrogen) atoms. The van der Waals surface area contributed by atoms with Crippen LogP contribution in [-0.4, -0.2) is 11.1 Å². The van der Waals surface area contributed by atoms with E-state index in [2.05, 4.69) is 37.1 Å². The molecule has 0 aromatic carbocycles. The maximum Gasteiger partial charge on any atom is 0.0969 e. The van der Waals surface area contributed by atoms with Crippen LogP contribution in [-0.2, 0) is 0 Å². The van der Waals surface area contributed by atoms with Crippen LogP contribution in [0.3, 0.4) is 0 Å². The summed E-state index contributed by atoms with van der Waals surface area (Å²) in [4.78, 5) is 0. The first-order chi connectivity index (χ1) is 5.02. The first-order valence-electron chi connectivity index (χ1n) is 4.15. The number of rotatable bonds is 0. The fourth-order valence-corrected chi connectivity index (χ4v) is 1.75. The Hall–Kier alpha value is -0.660. The van der Waals surface area contributed by atoms with Crippen LogP contribution in [0.4, 0.5) is 0 Å². The minimum absolute atomic E-state index is 0.0178. The lowest BCUT2D eigenvalue weighted by Crippen LogP contribution is -2.29. The molecular weight excluding hydrogens is 136 g/mol. The summed E-state index contributed by atoms with van der Waals surface area (Å²) in [5.41, 5.74) is 1.57. The molecule has 0 saturated heterocycles. The molecule has 0 aromatic heterocycles. The second-order valence-corrected chi connectivity index (χ2v) is 4.37. The zero-order valence-corrected chi connectivity index (χ0v) is 7.39. The van der Waals surface area contributed by atoms with Crippen LogP contribution < -0.4 is 0 Å². The van der Waals surface area contributed by atoms with Crippen molar-refractivity contribution in [1.82, 2.24) is 0 Å². The zero-order valence-electron chi connectivity index (χ0n) is 7.39. The first kappa shape index (κ1) is 7.01. The fraction of sp³-hybridized carbons (Fsp3) is 0.778. The molecule has 2 bridgehead atoms. The summed E-state index contributed by atoms with van der Waals surface area (Å²) in [5.74, 6) is 0. The molecule has 2 heteroatoms. The Morgan fingerprint density at radius 2 is 2.00 bits per heavy atom. The van der Waals surface area contributed by atoms with Gasteiger partial charge in [0.2, 0.25) is 0 Å². The predicted octanol–water partition coefficient (Wildman–Crippen LogP) is 2.71. The van der Waals surface area contributed by atoms with Crippen molar-refractivity contribution in [2.45, 2.75) is 44.7 Å². The van der Waals surface area contributed by atoms with Crippen molar-refractivity contribution in [3.8, 4) is 0 Å². The molecule has 0 N–H and O–H groups in total. The molecular formula is C9H14N2. The van der Waals surface area contributed by atoms with Gasteiger partial charge in [0.15, 0.2) is 0 Å². The topological polar surface area (TPSA) is 24.7 Å². The van der Waals surface area contributed by atoms with Crippen LogP contribution in [0.2, 0.25) is 0 Å². The molecule has 0 saturated carbocycles. The number of hydrogen-bond donors (Lipinski definition) is 0. The van der Waals surface area contributed by atoms with Crippen LogP contribution >= 0.6 is 0 Å². The molecule has 2 aliphatic rings. The van der Waals surface area contributed by atoms with E-state index in [0.29, 0.717) is 0 Å². The third kappa shape index (κ3) is 0.924. The Labute approximate surface area is 67.4 Å². The van der Waals surface area contributed by atoms with Gasteiger partial charge >= 0.3 is 0 Å². The van der Waals surface area contributed by atoms with E-state index in [1.807, 2.05) is 0 Å². The molecule has 1 unspecified atom stereocenters. The molecule has 0 spiro atoms. The van der Waals surface area contributed by atoms with Crippen molar-refractivity contribution in [1.29, 1.82) is 0 Å². The second-order valence-electron chi connectivity index (χ2n) is 4.37. The van der Waals surface area contributed by atoms with Crippen LogP contribution in [0.15, 0.2) is 21.9 Å². The van der Waals surface area contributed by atoms with E-state index in [4.69, 9.17) is 0 Å². The molecule has 1 heterocycles. The van der Waals surface area contributed by atoms with Gasteiger partial charge in [-0.05, 0) is 39.2 Å². The lowest BCUT2D eigenvalue weighted by Gasteiger charge is -2.29. The van der Waals surface area contributed by atoms with Gasteiger partial charge in [-0.1, -0.05) is 6.08 Å². The lowest BCUT2D eigenvalue weighted by atomic mass is 9.88. The largest absolute Gasteiger partial charge is 0.186 e. The van der Waals surface area contributed by atoms with Gasteiger partial charge in [-0.25, -0.2) is 0 Å². The average molecular weight is 150 g/mol. The highest BCUT2D eigenvalue weighted by Crippen LogP contribution is 2.43. The Balaban J connectivity index is 2.43. The van der Waals surface area contributed by atoms with E-state index in [9.17, 15) is 0 Å². The van der Waals surface area contributed by atoms with Crippen LogP contribution in [0.5, 0.6) is 0 Å². The Kier molecular flexibility index (Phi) is 1.11. The van der Waals surface area contributed by atoms with Gasteiger partial charge in [-0.3, -0.25) is 0 Å². The van der Waals surface area contributed by atoms with E-state index < -0.39 is 0 Å².